The Balaban J connectivity index is 2.92. The number of aryl methyl sites for hydroxylation is 1. The molecule has 0 N–H and O–H groups in total. The van der Waals surface area contributed by atoms with Crippen LogP contribution in [0, 0.1) is 6.92 Å². The average molecular weight is 209 g/mol. The van der Waals surface area contributed by atoms with E-state index in [1.807, 2.05) is 13.0 Å². The second kappa shape index (κ2) is 4.13. The molecule has 0 aliphatic rings. The van der Waals surface area contributed by atoms with Crippen molar-refractivity contribution >= 4 is 18.0 Å². The van der Waals surface area contributed by atoms with Crippen LogP contribution in [-0.4, -0.2) is 16.0 Å². The Morgan fingerprint density at radius 3 is 2.50 bits per heavy atom. The number of rotatable bonds is 2. The maximum Gasteiger partial charge on any atom is 0.151 e. The van der Waals surface area contributed by atoms with Gasteiger partial charge in [0.25, 0.3) is 0 Å². The van der Waals surface area contributed by atoms with Crippen LogP contribution in [0.25, 0.3) is 0 Å². The van der Waals surface area contributed by atoms with E-state index in [1.54, 1.807) is 18.0 Å². The van der Waals surface area contributed by atoms with Crippen LogP contribution in [0.3, 0.4) is 0 Å². The van der Waals surface area contributed by atoms with Crippen LogP contribution in [0.5, 0.6) is 0 Å². The highest BCUT2D eigenvalue weighted by Crippen LogP contribution is 2.30. The molecular weight excluding hydrogens is 194 g/mol. The van der Waals surface area contributed by atoms with Gasteiger partial charge in [-0.3, -0.25) is 4.79 Å². The molecule has 0 atom stereocenters. The van der Waals surface area contributed by atoms with Gasteiger partial charge in [0.1, 0.15) is 0 Å². The first-order valence-corrected chi connectivity index (χ1v) is 5.35. The van der Waals surface area contributed by atoms with Crippen LogP contribution in [-0.2, 0) is 0 Å². The van der Waals surface area contributed by atoms with Crippen LogP contribution in [0.2, 0.25) is 0 Å². The number of pyridine rings is 1. The largest absolute Gasteiger partial charge is 0.298 e. The van der Waals surface area contributed by atoms with Gasteiger partial charge in [-0.1, -0.05) is 20.8 Å². The van der Waals surface area contributed by atoms with Gasteiger partial charge in [-0.25, -0.2) is 4.98 Å². The smallest absolute Gasteiger partial charge is 0.151 e. The molecule has 0 saturated heterocycles. The minimum absolute atomic E-state index is 0.155. The van der Waals surface area contributed by atoms with Crippen LogP contribution < -0.4 is 0 Å². The van der Waals surface area contributed by atoms with Gasteiger partial charge in [0.2, 0.25) is 0 Å². The lowest BCUT2D eigenvalue weighted by molar-refractivity contribution is 0.112. The lowest BCUT2D eigenvalue weighted by atomic mass is 10.2. The lowest BCUT2D eigenvalue weighted by Crippen LogP contribution is -2.07. The fraction of sp³-hybridized carbons (Fsp3) is 0.455. The van der Waals surface area contributed by atoms with E-state index >= 15 is 0 Å². The molecule has 0 spiro atoms. The summed E-state index contributed by atoms with van der Waals surface area (Å²) >= 11 is 1.71. The molecule has 14 heavy (non-hydrogen) atoms. The van der Waals surface area contributed by atoms with Crippen molar-refractivity contribution in [2.75, 3.05) is 0 Å². The predicted molar refractivity (Wildman–Crippen MR) is 60.0 cm³/mol. The number of thioether (sulfide) groups is 1. The first kappa shape index (κ1) is 11.2. The number of aldehydes is 1. The van der Waals surface area contributed by atoms with E-state index in [2.05, 4.69) is 25.8 Å². The Hall–Kier alpha value is -0.830. The SMILES string of the molecule is Cc1cc(SC(C)(C)C)ncc1C=O. The van der Waals surface area contributed by atoms with Gasteiger partial charge in [0, 0.05) is 16.5 Å². The highest BCUT2D eigenvalue weighted by molar-refractivity contribution is 8.00. The highest BCUT2D eigenvalue weighted by atomic mass is 32.2. The molecule has 1 aromatic heterocycles. The van der Waals surface area contributed by atoms with Crippen molar-refractivity contribution in [1.29, 1.82) is 0 Å². The molecule has 1 rings (SSSR count). The molecule has 0 amide bonds. The van der Waals surface area contributed by atoms with E-state index in [0.29, 0.717) is 5.56 Å². The minimum atomic E-state index is 0.155. The van der Waals surface area contributed by atoms with Crippen molar-refractivity contribution in [3.63, 3.8) is 0 Å². The van der Waals surface area contributed by atoms with Crippen LogP contribution in [0.1, 0.15) is 36.7 Å². The number of hydrogen-bond acceptors (Lipinski definition) is 3. The normalized spacial score (nSPS) is 11.4. The molecule has 3 heteroatoms. The summed E-state index contributed by atoms with van der Waals surface area (Å²) in [7, 11) is 0. The number of nitrogens with zero attached hydrogens (tertiary/aromatic N) is 1. The van der Waals surface area contributed by atoms with Gasteiger partial charge >= 0.3 is 0 Å². The van der Waals surface area contributed by atoms with Crippen LogP contribution in [0.4, 0.5) is 0 Å². The summed E-state index contributed by atoms with van der Waals surface area (Å²) in [5.74, 6) is 0. The van der Waals surface area contributed by atoms with E-state index in [-0.39, 0.29) is 4.75 Å². The van der Waals surface area contributed by atoms with Crippen molar-refractivity contribution in [2.24, 2.45) is 0 Å². The van der Waals surface area contributed by atoms with E-state index in [1.165, 1.54) is 0 Å². The van der Waals surface area contributed by atoms with Gasteiger partial charge in [0.05, 0.1) is 5.03 Å². The molecule has 0 aliphatic carbocycles. The van der Waals surface area contributed by atoms with E-state index < -0.39 is 0 Å². The van der Waals surface area contributed by atoms with E-state index in [9.17, 15) is 4.79 Å². The first-order chi connectivity index (χ1) is 6.42. The molecule has 76 valence electrons. The fourth-order valence-electron chi connectivity index (χ4n) is 1.03. The summed E-state index contributed by atoms with van der Waals surface area (Å²) < 4.78 is 0.155. The number of carbonyl (C=O) groups excluding carboxylic acids is 1. The highest BCUT2D eigenvalue weighted by Gasteiger charge is 2.13. The van der Waals surface area contributed by atoms with Crippen LogP contribution in [0.15, 0.2) is 17.3 Å². The second-order valence-corrected chi connectivity index (χ2v) is 6.06. The summed E-state index contributed by atoms with van der Waals surface area (Å²) in [5.41, 5.74) is 1.66. The Labute approximate surface area is 89.1 Å². The molecule has 0 saturated carbocycles. The fourth-order valence-corrected chi connectivity index (χ4v) is 2.00. The van der Waals surface area contributed by atoms with Gasteiger partial charge < -0.3 is 0 Å². The van der Waals surface area contributed by atoms with Gasteiger partial charge in [-0.2, -0.15) is 0 Å². The number of carbonyl (C=O) groups is 1. The summed E-state index contributed by atoms with van der Waals surface area (Å²) in [5, 5.41) is 0.973. The van der Waals surface area contributed by atoms with Crippen molar-refractivity contribution in [1.82, 2.24) is 4.98 Å². The van der Waals surface area contributed by atoms with Gasteiger partial charge in [0.15, 0.2) is 6.29 Å². The second-order valence-electron chi connectivity index (χ2n) is 4.21. The van der Waals surface area contributed by atoms with E-state index in [4.69, 9.17) is 0 Å². The quantitative estimate of drug-likeness (QED) is 0.554. The standard InChI is InChI=1S/C11H15NOS/c1-8-5-10(14-11(2,3)4)12-6-9(8)7-13/h5-7H,1-4H3. The van der Waals surface area contributed by atoms with E-state index in [0.717, 1.165) is 16.9 Å². The third-order valence-electron chi connectivity index (χ3n) is 1.66. The van der Waals surface area contributed by atoms with Crippen molar-refractivity contribution in [2.45, 2.75) is 37.5 Å². The maximum atomic E-state index is 10.6. The molecule has 0 fully saturated rings. The third kappa shape index (κ3) is 3.14. The summed E-state index contributed by atoms with van der Waals surface area (Å²) in [6.45, 7) is 8.35. The number of hydrogen-bond donors (Lipinski definition) is 0. The monoisotopic (exact) mass is 209 g/mol. The Morgan fingerprint density at radius 2 is 2.07 bits per heavy atom. The molecule has 0 radical (unpaired) electrons. The molecule has 2 nitrogen and oxygen atoms in total. The topological polar surface area (TPSA) is 30.0 Å². The molecule has 0 unspecified atom stereocenters. The predicted octanol–water partition coefficient (Wildman–Crippen LogP) is 3.09. The van der Waals surface area contributed by atoms with Crippen LogP contribution >= 0.6 is 11.8 Å². The molecule has 1 aromatic rings. The summed E-state index contributed by atoms with van der Waals surface area (Å²) in [6, 6.07) is 1.96. The third-order valence-corrected chi connectivity index (χ3v) is 2.71. The molecule has 0 aromatic carbocycles. The Morgan fingerprint density at radius 1 is 1.43 bits per heavy atom. The Kier molecular flexibility index (Phi) is 3.32. The van der Waals surface area contributed by atoms with Crippen molar-refractivity contribution in [3.8, 4) is 0 Å². The zero-order valence-electron chi connectivity index (χ0n) is 9.00. The van der Waals surface area contributed by atoms with Gasteiger partial charge in [-0.15, -0.1) is 11.8 Å². The molecule has 1 heterocycles. The summed E-state index contributed by atoms with van der Waals surface area (Å²) in [4.78, 5) is 14.8. The average Bonchev–Trinajstić information content (AvgIpc) is 2.01. The molecule has 0 bridgehead atoms. The zero-order valence-corrected chi connectivity index (χ0v) is 9.81. The zero-order chi connectivity index (χ0) is 10.8. The summed E-state index contributed by atoms with van der Waals surface area (Å²) in [6.07, 6.45) is 2.48. The molecular formula is C11H15NOS. The molecule has 0 aliphatic heterocycles. The first-order valence-electron chi connectivity index (χ1n) is 4.53. The van der Waals surface area contributed by atoms with Crippen molar-refractivity contribution in [3.05, 3.63) is 23.4 Å². The van der Waals surface area contributed by atoms with Gasteiger partial charge in [-0.05, 0) is 18.6 Å². The Bertz CT molecular complexity index is 342. The maximum absolute atomic E-state index is 10.6. The number of aromatic nitrogens is 1. The lowest BCUT2D eigenvalue weighted by Gasteiger charge is -2.16. The van der Waals surface area contributed by atoms with Crippen molar-refractivity contribution < 1.29 is 4.79 Å². The minimum Gasteiger partial charge on any atom is -0.298 e.